The van der Waals surface area contributed by atoms with Crippen LogP contribution in [-0.4, -0.2) is 34.2 Å². The summed E-state index contributed by atoms with van der Waals surface area (Å²) in [4.78, 5) is 8.52. The number of hydrogen-bond acceptors (Lipinski definition) is 6. The van der Waals surface area contributed by atoms with Gasteiger partial charge in [0.05, 0.1) is 18.5 Å². The third-order valence-corrected chi connectivity index (χ3v) is 3.62. The molecule has 18 heavy (non-hydrogen) atoms. The number of imidazole rings is 1. The summed E-state index contributed by atoms with van der Waals surface area (Å²) in [5.41, 5.74) is 1.45. The number of rotatable bonds is 3. The zero-order chi connectivity index (χ0) is 12.5. The summed E-state index contributed by atoms with van der Waals surface area (Å²) >= 11 is 1.39. The Bertz CT molecular complexity index is 691. The largest absolute Gasteiger partial charge is 0.390 e. The second-order valence-electron chi connectivity index (χ2n) is 3.65. The summed E-state index contributed by atoms with van der Waals surface area (Å²) in [6.07, 6.45) is 6.75. The molecule has 0 fully saturated rings. The second kappa shape index (κ2) is 4.39. The van der Waals surface area contributed by atoms with Crippen molar-refractivity contribution in [1.82, 2.24) is 29.1 Å². The highest BCUT2D eigenvalue weighted by Crippen LogP contribution is 2.27. The first kappa shape index (κ1) is 11.2. The first-order valence-electron chi connectivity index (χ1n) is 5.23. The van der Waals surface area contributed by atoms with Crippen molar-refractivity contribution in [1.29, 1.82) is 0 Å². The minimum Gasteiger partial charge on any atom is -0.390 e. The smallest absolute Gasteiger partial charge is 0.193 e. The van der Waals surface area contributed by atoms with Crippen LogP contribution in [0, 0.1) is 0 Å². The summed E-state index contributed by atoms with van der Waals surface area (Å²) < 4.78 is 3.62. The highest BCUT2D eigenvalue weighted by molar-refractivity contribution is 7.99. The van der Waals surface area contributed by atoms with E-state index in [-0.39, 0.29) is 6.61 Å². The van der Waals surface area contributed by atoms with Gasteiger partial charge in [-0.2, -0.15) is 0 Å². The first-order valence-corrected chi connectivity index (χ1v) is 6.05. The highest BCUT2D eigenvalue weighted by atomic mass is 32.2. The topological polar surface area (TPSA) is 81.1 Å². The predicted octanol–water partition coefficient (Wildman–Crippen LogP) is 0.501. The van der Waals surface area contributed by atoms with Crippen molar-refractivity contribution in [2.24, 2.45) is 7.05 Å². The van der Waals surface area contributed by atoms with E-state index in [0.29, 0.717) is 5.65 Å². The number of aliphatic hydroxyl groups is 1. The molecule has 3 rings (SSSR count). The molecule has 3 heterocycles. The molecule has 0 saturated heterocycles. The summed E-state index contributed by atoms with van der Waals surface area (Å²) in [7, 11) is 1.85. The van der Waals surface area contributed by atoms with Crippen LogP contribution in [-0.2, 0) is 13.7 Å². The van der Waals surface area contributed by atoms with Crippen molar-refractivity contribution < 1.29 is 5.11 Å². The molecule has 0 spiro atoms. The summed E-state index contributed by atoms with van der Waals surface area (Å²) in [6.45, 7) is -0.0351. The van der Waals surface area contributed by atoms with Gasteiger partial charge < -0.3 is 9.67 Å². The maximum absolute atomic E-state index is 9.12. The molecule has 0 radical (unpaired) electrons. The average molecular weight is 262 g/mol. The Hall–Kier alpha value is -1.93. The Kier molecular flexibility index (Phi) is 2.73. The van der Waals surface area contributed by atoms with Crippen molar-refractivity contribution in [3.8, 4) is 0 Å². The van der Waals surface area contributed by atoms with E-state index < -0.39 is 0 Å². The molecule has 0 aliphatic rings. The molecule has 3 aromatic rings. The van der Waals surface area contributed by atoms with Crippen LogP contribution in [0.4, 0.5) is 0 Å². The summed E-state index contributed by atoms with van der Waals surface area (Å²) in [6, 6.07) is 0. The third-order valence-electron chi connectivity index (χ3n) is 2.58. The fourth-order valence-electron chi connectivity index (χ4n) is 1.56. The maximum Gasteiger partial charge on any atom is 0.193 e. The second-order valence-corrected chi connectivity index (χ2v) is 4.60. The molecule has 0 atom stereocenters. The minimum atomic E-state index is -0.0351. The Morgan fingerprint density at radius 3 is 3.06 bits per heavy atom. The van der Waals surface area contributed by atoms with Crippen molar-refractivity contribution in [3.63, 3.8) is 0 Å². The minimum absolute atomic E-state index is 0.0351. The SMILES string of the molecule is Cn1c(CO)cnc1Sc1nccn2cnnc12. The van der Waals surface area contributed by atoms with Gasteiger partial charge in [0, 0.05) is 19.4 Å². The average Bonchev–Trinajstić information content (AvgIpc) is 2.98. The lowest BCUT2D eigenvalue weighted by Crippen LogP contribution is -1.98. The molecule has 0 aliphatic heterocycles. The van der Waals surface area contributed by atoms with Gasteiger partial charge in [0.1, 0.15) is 11.4 Å². The van der Waals surface area contributed by atoms with Crippen LogP contribution in [0.5, 0.6) is 0 Å². The first-order chi connectivity index (χ1) is 8.79. The molecule has 0 unspecified atom stereocenters. The fourth-order valence-corrected chi connectivity index (χ4v) is 2.44. The number of hydrogen-bond donors (Lipinski definition) is 1. The molecule has 0 bridgehead atoms. The van der Waals surface area contributed by atoms with Crippen LogP contribution in [0.15, 0.2) is 35.1 Å². The Morgan fingerprint density at radius 1 is 1.39 bits per heavy atom. The summed E-state index contributed by atoms with van der Waals surface area (Å²) in [5.74, 6) is 0. The molecular weight excluding hydrogens is 252 g/mol. The van der Waals surface area contributed by atoms with Crippen molar-refractivity contribution in [2.45, 2.75) is 16.8 Å². The highest BCUT2D eigenvalue weighted by Gasteiger charge is 2.12. The van der Waals surface area contributed by atoms with Crippen LogP contribution in [0.2, 0.25) is 0 Å². The van der Waals surface area contributed by atoms with E-state index in [1.165, 1.54) is 11.8 Å². The van der Waals surface area contributed by atoms with Crippen LogP contribution in [0.1, 0.15) is 5.69 Å². The molecular formula is C10H10N6OS. The molecule has 8 heteroatoms. The molecule has 0 aliphatic carbocycles. The van der Waals surface area contributed by atoms with Gasteiger partial charge in [-0.25, -0.2) is 9.97 Å². The lowest BCUT2D eigenvalue weighted by molar-refractivity contribution is 0.271. The van der Waals surface area contributed by atoms with E-state index in [9.17, 15) is 0 Å². The van der Waals surface area contributed by atoms with Crippen molar-refractivity contribution >= 4 is 17.4 Å². The predicted molar refractivity (Wildman–Crippen MR) is 64.0 cm³/mol. The molecule has 0 amide bonds. The molecule has 3 aromatic heterocycles. The van der Waals surface area contributed by atoms with Crippen LogP contribution < -0.4 is 0 Å². The standard InChI is InChI=1S/C10H10N6OS/c1-15-7(5-17)4-12-10(15)18-9-8-14-13-6-16(8)3-2-11-9/h2-4,6,17H,5H2,1H3. The van der Waals surface area contributed by atoms with Gasteiger partial charge in [-0.15, -0.1) is 10.2 Å². The zero-order valence-corrected chi connectivity index (χ0v) is 10.4. The molecule has 0 aromatic carbocycles. The quantitative estimate of drug-likeness (QED) is 0.740. The Balaban J connectivity index is 2.01. The van der Waals surface area contributed by atoms with Crippen molar-refractivity contribution in [2.75, 3.05) is 0 Å². The van der Waals surface area contributed by atoms with Crippen LogP contribution in [0.25, 0.3) is 5.65 Å². The van der Waals surface area contributed by atoms with Crippen molar-refractivity contribution in [3.05, 3.63) is 30.6 Å². The van der Waals surface area contributed by atoms with E-state index >= 15 is 0 Å². The Labute approximate surface area is 107 Å². The van der Waals surface area contributed by atoms with Gasteiger partial charge in [0.2, 0.25) is 0 Å². The Morgan fingerprint density at radius 2 is 2.28 bits per heavy atom. The molecule has 0 saturated carbocycles. The lowest BCUT2D eigenvalue weighted by Gasteiger charge is -2.03. The molecule has 7 nitrogen and oxygen atoms in total. The summed E-state index contributed by atoms with van der Waals surface area (Å²) in [5, 5.41) is 18.5. The maximum atomic E-state index is 9.12. The van der Waals surface area contributed by atoms with Gasteiger partial charge >= 0.3 is 0 Å². The van der Waals surface area contributed by atoms with Gasteiger partial charge in [0.15, 0.2) is 10.8 Å². The molecule has 1 N–H and O–H groups in total. The normalized spacial score (nSPS) is 11.2. The lowest BCUT2D eigenvalue weighted by atomic mass is 10.5. The zero-order valence-electron chi connectivity index (χ0n) is 9.56. The van der Waals surface area contributed by atoms with Crippen LogP contribution >= 0.6 is 11.8 Å². The van der Waals surface area contributed by atoms with E-state index in [1.807, 2.05) is 11.6 Å². The fraction of sp³-hybridized carbons (Fsp3) is 0.200. The number of aliphatic hydroxyl groups excluding tert-OH is 1. The third kappa shape index (κ3) is 1.75. The molecule has 92 valence electrons. The monoisotopic (exact) mass is 262 g/mol. The van der Waals surface area contributed by atoms with E-state index in [2.05, 4.69) is 20.2 Å². The number of fused-ring (bicyclic) bond motifs is 1. The van der Waals surface area contributed by atoms with Gasteiger partial charge in [0.25, 0.3) is 0 Å². The number of aromatic nitrogens is 6. The van der Waals surface area contributed by atoms with E-state index in [0.717, 1.165) is 15.9 Å². The van der Waals surface area contributed by atoms with Gasteiger partial charge in [-0.1, -0.05) is 0 Å². The van der Waals surface area contributed by atoms with Crippen LogP contribution in [0.3, 0.4) is 0 Å². The van der Waals surface area contributed by atoms with Gasteiger partial charge in [-0.05, 0) is 11.8 Å². The van der Waals surface area contributed by atoms with Gasteiger partial charge in [-0.3, -0.25) is 4.40 Å². The van der Waals surface area contributed by atoms with E-state index in [4.69, 9.17) is 5.11 Å². The van der Waals surface area contributed by atoms with E-state index in [1.54, 1.807) is 29.3 Å². The number of nitrogens with zero attached hydrogens (tertiary/aromatic N) is 6.